The Morgan fingerprint density at radius 3 is 1.97 bits per heavy atom. The summed E-state index contributed by atoms with van der Waals surface area (Å²) < 4.78 is 11.1. The number of ether oxygens (including phenoxy) is 2. The van der Waals surface area contributed by atoms with Crippen molar-refractivity contribution in [3.8, 4) is 11.5 Å². The quantitative estimate of drug-likeness (QED) is 0.0767. The molecule has 0 aliphatic carbocycles. The zero-order chi connectivity index (χ0) is 25.8. The van der Waals surface area contributed by atoms with Crippen molar-refractivity contribution in [1.82, 2.24) is 5.43 Å². The van der Waals surface area contributed by atoms with Crippen molar-refractivity contribution in [2.75, 3.05) is 6.61 Å². The molecule has 6 nitrogen and oxygen atoms in total. The topological polar surface area (TPSA) is 77.0 Å². The van der Waals surface area contributed by atoms with Gasteiger partial charge in [0, 0.05) is 6.42 Å². The molecular weight excluding hydrogens is 452 g/mol. The number of rotatable bonds is 18. The number of amides is 1. The summed E-state index contributed by atoms with van der Waals surface area (Å²) in [5.41, 5.74) is 3.83. The Hall–Kier alpha value is -3.15. The Morgan fingerprint density at radius 2 is 1.33 bits per heavy atom. The van der Waals surface area contributed by atoms with Gasteiger partial charge >= 0.3 is 5.97 Å². The highest BCUT2D eigenvalue weighted by Gasteiger charge is 2.09. The summed E-state index contributed by atoms with van der Waals surface area (Å²) in [6.45, 7) is 5.01. The van der Waals surface area contributed by atoms with E-state index < -0.39 is 5.97 Å². The van der Waals surface area contributed by atoms with Crippen molar-refractivity contribution in [2.24, 2.45) is 5.10 Å². The number of unbranched alkanes of at least 4 members (excludes halogenated alkanes) is 9. The number of hydrazone groups is 1. The molecule has 0 aliphatic rings. The molecule has 6 heteroatoms. The first kappa shape index (κ1) is 29.1. The molecule has 0 aliphatic heterocycles. The highest BCUT2D eigenvalue weighted by atomic mass is 16.5. The van der Waals surface area contributed by atoms with Gasteiger partial charge < -0.3 is 9.47 Å². The minimum Gasteiger partial charge on any atom is -0.494 e. The maximum Gasteiger partial charge on any atom is 0.343 e. The van der Waals surface area contributed by atoms with Crippen LogP contribution in [0.15, 0.2) is 53.6 Å². The summed E-state index contributed by atoms with van der Waals surface area (Å²) >= 11 is 0. The lowest BCUT2D eigenvalue weighted by molar-refractivity contribution is -0.121. The predicted octanol–water partition coefficient (Wildman–Crippen LogP) is 7.46. The average molecular weight is 495 g/mol. The standard InChI is InChI=1S/C30H42N2O4/c1-3-5-7-8-9-10-11-12-13-14-29(33)32-31-24-25-15-19-28(20-16-25)36-30(34)26-17-21-27(22-18-26)35-23-6-4-2/h15-22,24H,3-14,23H2,1-2H3,(H,32,33). The molecule has 0 saturated carbocycles. The number of hydrogen-bond donors (Lipinski definition) is 1. The zero-order valence-electron chi connectivity index (χ0n) is 22.0. The number of benzene rings is 2. The lowest BCUT2D eigenvalue weighted by Crippen LogP contribution is -2.16. The van der Waals surface area contributed by atoms with E-state index in [1.54, 1.807) is 54.7 Å². The molecule has 1 amide bonds. The van der Waals surface area contributed by atoms with E-state index in [1.807, 2.05) is 0 Å². The smallest absolute Gasteiger partial charge is 0.343 e. The van der Waals surface area contributed by atoms with Gasteiger partial charge in [-0.25, -0.2) is 10.2 Å². The van der Waals surface area contributed by atoms with Gasteiger partial charge in [0.15, 0.2) is 0 Å². The van der Waals surface area contributed by atoms with E-state index in [1.165, 1.54) is 44.9 Å². The van der Waals surface area contributed by atoms with E-state index in [-0.39, 0.29) is 5.91 Å². The summed E-state index contributed by atoms with van der Waals surface area (Å²) in [5, 5.41) is 4.03. The fourth-order valence-electron chi connectivity index (χ4n) is 3.64. The van der Waals surface area contributed by atoms with Gasteiger partial charge in [0.2, 0.25) is 5.91 Å². The van der Waals surface area contributed by atoms with Crippen LogP contribution in [0.5, 0.6) is 11.5 Å². The molecule has 1 N–H and O–H groups in total. The van der Waals surface area contributed by atoms with E-state index in [2.05, 4.69) is 24.4 Å². The Kier molecular flexibility index (Phi) is 14.7. The minimum atomic E-state index is -0.430. The largest absolute Gasteiger partial charge is 0.494 e. The highest BCUT2D eigenvalue weighted by Crippen LogP contribution is 2.17. The maximum atomic E-state index is 12.4. The van der Waals surface area contributed by atoms with Crippen LogP contribution in [0.1, 0.15) is 107 Å². The van der Waals surface area contributed by atoms with Crippen LogP contribution in [0.4, 0.5) is 0 Å². The zero-order valence-corrected chi connectivity index (χ0v) is 22.0. The number of nitrogens with zero attached hydrogens (tertiary/aromatic N) is 1. The molecule has 0 radical (unpaired) electrons. The lowest BCUT2D eigenvalue weighted by Gasteiger charge is -2.07. The molecule has 0 atom stereocenters. The van der Waals surface area contributed by atoms with Crippen molar-refractivity contribution in [2.45, 2.75) is 90.9 Å². The van der Waals surface area contributed by atoms with Gasteiger partial charge in [0.25, 0.3) is 0 Å². The normalized spacial score (nSPS) is 10.9. The summed E-state index contributed by atoms with van der Waals surface area (Å²) in [7, 11) is 0. The Balaban J connectivity index is 1.64. The molecular formula is C30H42N2O4. The van der Waals surface area contributed by atoms with E-state index in [9.17, 15) is 9.59 Å². The van der Waals surface area contributed by atoms with Crippen LogP contribution in [0.2, 0.25) is 0 Å². The molecule has 0 fully saturated rings. The summed E-state index contributed by atoms with van der Waals surface area (Å²) in [6, 6.07) is 13.9. The number of esters is 1. The molecule has 196 valence electrons. The summed E-state index contributed by atoms with van der Waals surface area (Å²) in [5.74, 6) is 0.681. The van der Waals surface area contributed by atoms with Crippen molar-refractivity contribution in [1.29, 1.82) is 0 Å². The third-order valence-electron chi connectivity index (χ3n) is 5.86. The van der Waals surface area contributed by atoms with Crippen molar-refractivity contribution in [3.05, 3.63) is 59.7 Å². The van der Waals surface area contributed by atoms with Crippen LogP contribution < -0.4 is 14.9 Å². The minimum absolute atomic E-state index is 0.0680. The molecule has 0 unspecified atom stereocenters. The van der Waals surface area contributed by atoms with Crippen LogP contribution in [-0.4, -0.2) is 24.7 Å². The first-order valence-corrected chi connectivity index (χ1v) is 13.5. The van der Waals surface area contributed by atoms with Gasteiger partial charge in [-0.3, -0.25) is 4.79 Å². The highest BCUT2D eigenvalue weighted by molar-refractivity contribution is 5.91. The molecule has 2 aromatic rings. The first-order valence-electron chi connectivity index (χ1n) is 13.5. The summed E-state index contributed by atoms with van der Waals surface area (Å²) in [4.78, 5) is 24.3. The lowest BCUT2D eigenvalue weighted by atomic mass is 10.1. The SMILES string of the molecule is CCCCCCCCCCCC(=O)NN=Cc1ccc(OC(=O)c2ccc(OCCCC)cc2)cc1. The molecule has 2 aromatic carbocycles. The molecule has 0 aromatic heterocycles. The van der Waals surface area contributed by atoms with Gasteiger partial charge in [-0.1, -0.05) is 71.6 Å². The van der Waals surface area contributed by atoms with Gasteiger partial charge in [-0.2, -0.15) is 5.10 Å². The number of carbonyl (C=O) groups excluding carboxylic acids is 2. The monoisotopic (exact) mass is 494 g/mol. The van der Waals surface area contributed by atoms with Crippen molar-refractivity contribution < 1.29 is 19.1 Å². The number of carbonyl (C=O) groups is 2. The molecule has 0 spiro atoms. The second kappa shape index (κ2) is 18.2. The second-order valence-electron chi connectivity index (χ2n) is 9.06. The van der Waals surface area contributed by atoms with Crippen LogP contribution in [0.3, 0.4) is 0 Å². The molecule has 0 bridgehead atoms. The van der Waals surface area contributed by atoms with Crippen LogP contribution >= 0.6 is 0 Å². The molecule has 2 rings (SSSR count). The first-order chi connectivity index (χ1) is 17.6. The fraction of sp³-hybridized carbons (Fsp3) is 0.500. The van der Waals surface area contributed by atoms with Crippen LogP contribution in [0.25, 0.3) is 0 Å². The van der Waals surface area contributed by atoms with Gasteiger partial charge in [0.05, 0.1) is 18.4 Å². The fourth-order valence-corrected chi connectivity index (χ4v) is 3.64. The van der Waals surface area contributed by atoms with E-state index in [0.717, 1.165) is 37.0 Å². The predicted molar refractivity (Wildman–Crippen MR) is 146 cm³/mol. The second-order valence-corrected chi connectivity index (χ2v) is 9.06. The average Bonchev–Trinajstić information content (AvgIpc) is 2.89. The van der Waals surface area contributed by atoms with Gasteiger partial charge in [-0.15, -0.1) is 0 Å². The van der Waals surface area contributed by atoms with Crippen molar-refractivity contribution in [3.63, 3.8) is 0 Å². The van der Waals surface area contributed by atoms with Gasteiger partial charge in [-0.05, 0) is 66.9 Å². The number of hydrogen-bond acceptors (Lipinski definition) is 5. The Morgan fingerprint density at radius 1 is 0.750 bits per heavy atom. The maximum absolute atomic E-state index is 12.4. The van der Waals surface area contributed by atoms with E-state index >= 15 is 0 Å². The van der Waals surface area contributed by atoms with Gasteiger partial charge in [0.1, 0.15) is 11.5 Å². The third kappa shape index (κ3) is 12.5. The molecule has 0 saturated heterocycles. The molecule has 0 heterocycles. The Bertz CT molecular complexity index is 908. The Labute approximate surface area is 216 Å². The van der Waals surface area contributed by atoms with Crippen molar-refractivity contribution >= 4 is 18.1 Å². The number of nitrogens with one attached hydrogen (secondary N) is 1. The van der Waals surface area contributed by atoms with Crippen LogP contribution in [0, 0.1) is 0 Å². The molecule has 36 heavy (non-hydrogen) atoms. The summed E-state index contributed by atoms with van der Waals surface area (Å²) in [6.07, 6.45) is 15.2. The third-order valence-corrected chi connectivity index (χ3v) is 5.86. The van der Waals surface area contributed by atoms with Crippen LogP contribution in [-0.2, 0) is 4.79 Å². The van der Waals surface area contributed by atoms with E-state index in [4.69, 9.17) is 9.47 Å². The van der Waals surface area contributed by atoms with E-state index in [0.29, 0.717) is 24.3 Å².